The van der Waals surface area contributed by atoms with Crippen molar-refractivity contribution in [2.75, 3.05) is 19.4 Å². The van der Waals surface area contributed by atoms with Gasteiger partial charge in [-0.15, -0.1) is 0 Å². The second-order valence-corrected chi connectivity index (χ2v) is 6.01. The lowest BCUT2D eigenvalue weighted by Crippen LogP contribution is -2.23. The third-order valence-corrected chi connectivity index (χ3v) is 4.24. The normalized spacial score (nSPS) is 10.7. The molecule has 0 radical (unpaired) electrons. The molecule has 0 bridgehead atoms. The van der Waals surface area contributed by atoms with Crippen LogP contribution in [0.25, 0.3) is 6.08 Å². The summed E-state index contributed by atoms with van der Waals surface area (Å²) in [4.78, 5) is 11.8. The first-order chi connectivity index (χ1) is 11.3. The Morgan fingerprint density at radius 3 is 2.65 bits per heavy atom. The number of amides is 1. The molecule has 0 saturated carbocycles. The number of nitrogens with one attached hydrogen (secondary N) is 1. The molecule has 2 aromatic rings. The minimum absolute atomic E-state index is 0.0868. The molecule has 0 aromatic heterocycles. The number of hydrogen-bond donors (Lipinski definition) is 1. The van der Waals surface area contributed by atoms with Crippen molar-refractivity contribution >= 4 is 23.7 Å². The molecule has 0 unspecified atom stereocenters. The van der Waals surface area contributed by atoms with Crippen molar-refractivity contribution in [3.05, 3.63) is 71.8 Å². The number of carbonyl (C=O) groups is 1. The van der Waals surface area contributed by atoms with Crippen molar-refractivity contribution in [2.24, 2.45) is 0 Å². The summed E-state index contributed by atoms with van der Waals surface area (Å²) in [6.07, 6.45) is 3.31. The highest BCUT2D eigenvalue weighted by Gasteiger charge is 1.99. The van der Waals surface area contributed by atoms with Gasteiger partial charge in [0.15, 0.2) is 0 Å². The molecule has 0 atom stereocenters. The van der Waals surface area contributed by atoms with E-state index in [0.717, 1.165) is 22.8 Å². The molecule has 1 N–H and O–H groups in total. The molecule has 3 nitrogen and oxygen atoms in total. The van der Waals surface area contributed by atoms with Gasteiger partial charge >= 0.3 is 0 Å². The standard InChI is InChI=1S/C19H21NO2S/c1-22-18-10-6-5-9-17(18)11-12-19(21)20-13-14-23-15-16-7-3-2-4-8-16/h2-12H,13-15H2,1H3,(H,20,21)/b12-11+. The Hall–Kier alpha value is -2.20. The SMILES string of the molecule is COc1ccccc1/C=C/C(=O)NCCSCc1ccccc1. The molecule has 0 fully saturated rings. The van der Waals surface area contributed by atoms with Crippen LogP contribution in [0.5, 0.6) is 5.75 Å². The molecule has 0 aliphatic rings. The van der Waals surface area contributed by atoms with E-state index >= 15 is 0 Å². The van der Waals surface area contributed by atoms with Gasteiger partial charge in [-0.1, -0.05) is 48.5 Å². The Labute approximate surface area is 141 Å². The van der Waals surface area contributed by atoms with Crippen molar-refractivity contribution in [1.29, 1.82) is 0 Å². The van der Waals surface area contributed by atoms with E-state index < -0.39 is 0 Å². The maximum atomic E-state index is 11.8. The summed E-state index contributed by atoms with van der Waals surface area (Å²) in [5, 5.41) is 2.89. The highest BCUT2D eigenvalue weighted by atomic mass is 32.2. The van der Waals surface area contributed by atoms with Gasteiger partial charge in [0.1, 0.15) is 5.75 Å². The molecule has 1 amide bonds. The molecule has 0 aliphatic heterocycles. The number of hydrogen-bond acceptors (Lipinski definition) is 3. The fourth-order valence-electron chi connectivity index (χ4n) is 2.04. The summed E-state index contributed by atoms with van der Waals surface area (Å²) in [7, 11) is 1.62. The van der Waals surface area contributed by atoms with E-state index in [-0.39, 0.29) is 5.91 Å². The largest absolute Gasteiger partial charge is 0.496 e. The first kappa shape index (κ1) is 17.2. The zero-order valence-corrected chi connectivity index (χ0v) is 14.0. The van der Waals surface area contributed by atoms with Crippen LogP contribution in [0.3, 0.4) is 0 Å². The van der Waals surface area contributed by atoms with Gasteiger partial charge in [0.2, 0.25) is 5.91 Å². The van der Waals surface area contributed by atoms with Crippen LogP contribution in [0, 0.1) is 0 Å². The van der Waals surface area contributed by atoms with Gasteiger partial charge in [-0.3, -0.25) is 4.79 Å². The molecular weight excluding hydrogens is 306 g/mol. The average Bonchev–Trinajstić information content (AvgIpc) is 2.60. The molecule has 0 heterocycles. The first-order valence-electron chi connectivity index (χ1n) is 7.50. The second kappa shape index (κ2) is 9.74. The van der Waals surface area contributed by atoms with Gasteiger partial charge in [0.25, 0.3) is 0 Å². The lowest BCUT2D eigenvalue weighted by molar-refractivity contribution is -0.116. The molecule has 2 aromatic carbocycles. The van der Waals surface area contributed by atoms with E-state index in [1.807, 2.05) is 54.2 Å². The molecule has 4 heteroatoms. The summed E-state index contributed by atoms with van der Waals surface area (Å²) in [6.45, 7) is 0.659. The predicted octanol–water partition coefficient (Wildman–Crippen LogP) is 3.76. The fourth-order valence-corrected chi connectivity index (χ4v) is 2.86. The topological polar surface area (TPSA) is 38.3 Å². The van der Waals surface area contributed by atoms with Crippen LogP contribution in [0.15, 0.2) is 60.7 Å². The van der Waals surface area contributed by atoms with Crippen molar-refractivity contribution in [2.45, 2.75) is 5.75 Å². The molecule has 23 heavy (non-hydrogen) atoms. The first-order valence-corrected chi connectivity index (χ1v) is 8.65. The molecule has 0 aliphatic carbocycles. The number of methoxy groups -OCH3 is 1. The van der Waals surface area contributed by atoms with Gasteiger partial charge in [-0.2, -0.15) is 11.8 Å². The summed E-state index contributed by atoms with van der Waals surface area (Å²) in [5.41, 5.74) is 2.20. The van der Waals surface area contributed by atoms with E-state index in [2.05, 4.69) is 17.4 Å². The maximum absolute atomic E-state index is 11.8. The highest BCUT2D eigenvalue weighted by Crippen LogP contribution is 2.18. The number of carbonyl (C=O) groups excluding carboxylic acids is 1. The van der Waals surface area contributed by atoms with Gasteiger partial charge in [-0.25, -0.2) is 0 Å². The summed E-state index contributed by atoms with van der Waals surface area (Å²) < 4.78 is 5.25. The predicted molar refractivity (Wildman–Crippen MR) is 97.6 cm³/mol. The van der Waals surface area contributed by atoms with Crippen molar-refractivity contribution in [3.63, 3.8) is 0 Å². The van der Waals surface area contributed by atoms with Crippen LogP contribution in [-0.4, -0.2) is 25.3 Å². The number of thioether (sulfide) groups is 1. The Kier molecular flexibility index (Phi) is 7.27. The zero-order valence-electron chi connectivity index (χ0n) is 13.2. The summed E-state index contributed by atoms with van der Waals surface area (Å²) in [6, 6.07) is 17.9. The van der Waals surface area contributed by atoms with E-state index in [9.17, 15) is 4.79 Å². The van der Waals surface area contributed by atoms with E-state index in [1.54, 1.807) is 19.3 Å². The summed E-state index contributed by atoms with van der Waals surface area (Å²) >= 11 is 1.81. The minimum Gasteiger partial charge on any atom is -0.496 e. The fraction of sp³-hybridized carbons (Fsp3) is 0.211. The Balaban J connectivity index is 1.68. The third kappa shape index (κ3) is 6.20. The molecule has 0 saturated heterocycles. The molecular formula is C19H21NO2S. The van der Waals surface area contributed by atoms with Gasteiger partial charge < -0.3 is 10.1 Å². The second-order valence-electron chi connectivity index (χ2n) is 4.90. The summed E-state index contributed by atoms with van der Waals surface area (Å²) in [5.74, 6) is 2.53. The van der Waals surface area contributed by atoms with Gasteiger partial charge in [0, 0.05) is 29.7 Å². The van der Waals surface area contributed by atoms with Crippen molar-refractivity contribution < 1.29 is 9.53 Å². The molecule has 120 valence electrons. The Morgan fingerprint density at radius 1 is 1.13 bits per heavy atom. The Bertz CT molecular complexity index is 641. The maximum Gasteiger partial charge on any atom is 0.244 e. The van der Waals surface area contributed by atoms with Crippen LogP contribution in [-0.2, 0) is 10.5 Å². The lowest BCUT2D eigenvalue weighted by Gasteiger charge is -2.04. The number of para-hydroxylation sites is 1. The average molecular weight is 327 g/mol. The monoisotopic (exact) mass is 327 g/mol. The smallest absolute Gasteiger partial charge is 0.244 e. The highest BCUT2D eigenvalue weighted by molar-refractivity contribution is 7.98. The van der Waals surface area contributed by atoms with Gasteiger partial charge in [0.05, 0.1) is 7.11 Å². The van der Waals surface area contributed by atoms with Crippen LogP contribution >= 0.6 is 11.8 Å². The minimum atomic E-state index is -0.0868. The van der Waals surface area contributed by atoms with E-state index in [1.165, 1.54) is 5.56 Å². The van der Waals surface area contributed by atoms with E-state index in [4.69, 9.17) is 4.74 Å². The Morgan fingerprint density at radius 2 is 1.87 bits per heavy atom. The van der Waals surface area contributed by atoms with Crippen LogP contribution in [0.2, 0.25) is 0 Å². The third-order valence-electron chi connectivity index (χ3n) is 3.21. The van der Waals surface area contributed by atoms with Crippen LogP contribution < -0.4 is 10.1 Å². The number of ether oxygens (including phenoxy) is 1. The lowest BCUT2D eigenvalue weighted by atomic mass is 10.2. The molecule has 0 spiro atoms. The van der Waals surface area contributed by atoms with Crippen LogP contribution in [0.4, 0.5) is 0 Å². The van der Waals surface area contributed by atoms with Crippen molar-refractivity contribution in [3.8, 4) is 5.75 Å². The van der Waals surface area contributed by atoms with E-state index in [0.29, 0.717) is 6.54 Å². The molecule has 2 rings (SSSR count). The van der Waals surface area contributed by atoms with Gasteiger partial charge in [-0.05, 0) is 17.7 Å². The number of benzene rings is 2. The zero-order chi connectivity index (χ0) is 16.3. The van der Waals surface area contributed by atoms with Crippen LogP contribution in [0.1, 0.15) is 11.1 Å². The quantitative estimate of drug-likeness (QED) is 0.593. The van der Waals surface area contributed by atoms with Crippen molar-refractivity contribution in [1.82, 2.24) is 5.32 Å². The number of rotatable bonds is 8.